The minimum atomic E-state index is -0.833. The van der Waals surface area contributed by atoms with Crippen LogP contribution < -0.4 is 4.74 Å². The average molecular weight is 514 g/mol. The summed E-state index contributed by atoms with van der Waals surface area (Å²) in [5.41, 5.74) is 1.51. The third-order valence-corrected chi connectivity index (χ3v) is 8.16. The number of pyridine rings is 1. The Morgan fingerprint density at radius 1 is 1.21 bits per heavy atom. The number of nitrogens with zero attached hydrogens (tertiary/aromatic N) is 2. The second kappa shape index (κ2) is 9.06. The number of H-pyrrole nitrogens is 1. The van der Waals surface area contributed by atoms with Gasteiger partial charge in [-0.25, -0.2) is 13.8 Å². The number of aromatic nitrogens is 2. The normalized spacial score (nSPS) is 25.3. The molecule has 2 aromatic heterocycles. The number of nitrogens with one attached hydrogen (secondary N) is 1. The molecule has 33 heavy (non-hydrogen) atoms. The number of ether oxygens (including phenoxy) is 1. The van der Waals surface area contributed by atoms with Crippen molar-refractivity contribution in [3.05, 3.63) is 46.4 Å². The van der Waals surface area contributed by atoms with Gasteiger partial charge in [0.2, 0.25) is 5.88 Å². The van der Waals surface area contributed by atoms with E-state index in [1.807, 2.05) is 6.07 Å². The zero-order chi connectivity index (χ0) is 23.0. The lowest BCUT2D eigenvalue weighted by atomic mass is 9.64. The van der Waals surface area contributed by atoms with E-state index in [1.54, 1.807) is 24.5 Å². The predicted molar refractivity (Wildman–Crippen MR) is 127 cm³/mol. The summed E-state index contributed by atoms with van der Waals surface area (Å²) in [6.07, 6.45) is 9.92. The van der Waals surface area contributed by atoms with Crippen LogP contribution in [0, 0.1) is 28.5 Å². The number of halogens is 3. The summed E-state index contributed by atoms with van der Waals surface area (Å²) < 4.78 is 36.4. The van der Waals surface area contributed by atoms with Crippen LogP contribution >= 0.6 is 15.9 Å². The van der Waals surface area contributed by atoms with Gasteiger partial charge in [0.05, 0.1) is 11.1 Å². The monoisotopic (exact) mass is 513 g/mol. The highest BCUT2D eigenvalue weighted by Crippen LogP contribution is 2.50. The summed E-state index contributed by atoms with van der Waals surface area (Å²) >= 11 is 3.24. The molecule has 172 valence electrons. The number of alkyl halides is 1. The van der Waals surface area contributed by atoms with Gasteiger partial charge in [-0.2, -0.15) is 5.26 Å². The first-order valence-corrected chi connectivity index (χ1v) is 12.4. The molecule has 3 atom stereocenters. The number of rotatable bonds is 4. The van der Waals surface area contributed by atoms with Crippen LogP contribution in [-0.4, -0.2) is 22.7 Å². The molecule has 1 aromatic carbocycles. The molecule has 4 nitrogen and oxygen atoms in total. The van der Waals surface area contributed by atoms with E-state index in [0.717, 1.165) is 44.1 Å². The zero-order valence-electron chi connectivity index (χ0n) is 18.3. The molecule has 1 N–H and O–H groups in total. The predicted octanol–water partition coefficient (Wildman–Crippen LogP) is 7.47. The standard InChI is InChI=1S/C26H26BrF2N3O/c27-21-8-7-19-22(16-9-11-31-14-16)20(13-30)25(32-24(19)23(21)29)33-15-26-10-2-1-4-17(26)5-3-6-18(28)12-26/h7-9,11,14,17-18,31H,1-6,10,12,15H2/t17?,18-,26-/m0/s1. The fourth-order valence-electron chi connectivity index (χ4n) is 5.92. The molecule has 2 aliphatic rings. The molecule has 7 heteroatoms. The highest BCUT2D eigenvalue weighted by Gasteiger charge is 2.44. The molecule has 0 saturated heterocycles. The van der Waals surface area contributed by atoms with Crippen molar-refractivity contribution in [3.63, 3.8) is 0 Å². The first-order chi connectivity index (χ1) is 16.0. The van der Waals surface area contributed by atoms with E-state index in [2.05, 4.69) is 32.0 Å². The molecule has 2 aliphatic carbocycles. The summed E-state index contributed by atoms with van der Waals surface area (Å²) in [5, 5.41) is 10.6. The Balaban J connectivity index is 1.61. The minimum absolute atomic E-state index is 0.122. The smallest absolute Gasteiger partial charge is 0.233 e. The quantitative estimate of drug-likeness (QED) is 0.393. The fraction of sp³-hybridized carbons (Fsp3) is 0.462. The van der Waals surface area contributed by atoms with Gasteiger partial charge < -0.3 is 9.72 Å². The molecule has 0 amide bonds. The number of nitriles is 1. The van der Waals surface area contributed by atoms with Gasteiger partial charge in [-0.15, -0.1) is 0 Å². The fourth-order valence-corrected chi connectivity index (χ4v) is 6.24. The van der Waals surface area contributed by atoms with E-state index in [-0.39, 0.29) is 22.4 Å². The highest BCUT2D eigenvalue weighted by atomic mass is 79.9. The van der Waals surface area contributed by atoms with Crippen molar-refractivity contribution in [1.29, 1.82) is 5.26 Å². The third-order valence-electron chi connectivity index (χ3n) is 7.55. The van der Waals surface area contributed by atoms with Gasteiger partial charge in [0.25, 0.3) is 0 Å². The Labute approximate surface area is 200 Å². The first kappa shape index (κ1) is 22.3. The molecular weight excluding hydrogens is 488 g/mol. The Bertz CT molecular complexity index is 1210. The Morgan fingerprint density at radius 3 is 2.85 bits per heavy atom. The van der Waals surface area contributed by atoms with Crippen molar-refractivity contribution in [2.45, 2.75) is 57.5 Å². The second-order valence-corrected chi connectivity index (χ2v) is 10.3. The van der Waals surface area contributed by atoms with Crippen LogP contribution in [0.25, 0.3) is 22.0 Å². The van der Waals surface area contributed by atoms with Crippen molar-refractivity contribution in [1.82, 2.24) is 9.97 Å². The number of benzene rings is 1. The number of hydrogen-bond donors (Lipinski definition) is 1. The molecule has 2 fully saturated rings. The van der Waals surface area contributed by atoms with Gasteiger partial charge >= 0.3 is 0 Å². The van der Waals surface area contributed by atoms with Gasteiger partial charge in [-0.05, 0) is 66.1 Å². The summed E-state index contributed by atoms with van der Waals surface area (Å²) in [6, 6.07) is 7.47. The number of aromatic amines is 1. The van der Waals surface area contributed by atoms with Crippen molar-refractivity contribution in [2.75, 3.05) is 6.61 Å². The van der Waals surface area contributed by atoms with Gasteiger partial charge in [-0.1, -0.05) is 25.3 Å². The van der Waals surface area contributed by atoms with Crippen LogP contribution in [-0.2, 0) is 0 Å². The summed E-state index contributed by atoms with van der Waals surface area (Å²) in [5.74, 6) is 0.0372. The summed E-state index contributed by atoms with van der Waals surface area (Å²) in [4.78, 5) is 7.49. The van der Waals surface area contributed by atoms with E-state index in [1.165, 1.54) is 0 Å². The van der Waals surface area contributed by atoms with E-state index in [0.29, 0.717) is 40.8 Å². The topological polar surface area (TPSA) is 61.7 Å². The maximum absolute atomic E-state index is 15.1. The lowest BCUT2D eigenvalue weighted by Gasteiger charge is -2.43. The highest BCUT2D eigenvalue weighted by molar-refractivity contribution is 9.10. The van der Waals surface area contributed by atoms with Crippen LogP contribution in [0.15, 0.2) is 35.1 Å². The average Bonchev–Trinajstić information content (AvgIpc) is 3.29. The van der Waals surface area contributed by atoms with Gasteiger partial charge in [-0.3, -0.25) is 0 Å². The van der Waals surface area contributed by atoms with Crippen molar-refractivity contribution < 1.29 is 13.5 Å². The molecule has 0 bridgehead atoms. The largest absolute Gasteiger partial charge is 0.476 e. The molecule has 2 heterocycles. The molecule has 0 spiro atoms. The maximum atomic E-state index is 15.1. The van der Waals surface area contributed by atoms with Crippen molar-refractivity contribution in [2.24, 2.45) is 11.3 Å². The molecule has 5 rings (SSSR count). The van der Waals surface area contributed by atoms with Gasteiger partial charge in [0, 0.05) is 34.3 Å². The molecule has 1 unspecified atom stereocenters. The SMILES string of the molecule is N#Cc1c(OC[C@@]23CCCCC2CCC[C@H](F)C3)nc2c(F)c(Br)ccc2c1-c1cc[nH]c1. The molecule has 0 radical (unpaired) electrons. The second-order valence-electron chi connectivity index (χ2n) is 9.46. The first-order valence-electron chi connectivity index (χ1n) is 11.6. The molecule has 3 aromatic rings. The minimum Gasteiger partial charge on any atom is -0.476 e. The Kier molecular flexibility index (Phi) is 6.13. The van der Waals surface area contributed by atoms with Crippen LogP contribution in [0.1, 0.15) is 56.9 Å². The van der Waals surface area contributed by atoms with E-state index in [4.69, 9.17) is 4.74 Å². The van der Waals surface area contributed by atoms with Gasteiger partial charge in [0.15, 0.2) is 5.82 Å². The summed E-state index contributed by atoms with van der Waals surface area (Å²) in [6.45, 7) is 0.299. The van der Waals surface area contributed by atoms with E-state index >= 15 is 4.39 Å². The maximum Gasteiger partial charge on any atom is 0.233 e. The lowest BCUT2D eigenvalue weighted by molar-refractivity contribution is 0.0118. The lowest BCUT2D eigenvalue weighted by Crippen LogP contribution is -2.40. The van der Waals surface area contributed by atoms with Crippen LogP contribution in [0.2, 0.25) is 0 Å². The van der Waals surface area contributed by atoms with Gasteiger partial charge in [0.1, 0.15) is 23.3 Å². The Hall–Kier alpha value is -2.46. The third kappa shape index (κ3) is 4.03. The van der Waals surface area contributed by atoms with Crippen LogP contribution in [0.4, 0.5) is 8.78 Å². The van der Waals surface area contributed by atoms with E-state index < -0.39 is 12.0 Å². The molecular formula is C26H26BrF2N3O. The van der Waals surface area contributed by atoms with Crippen molar-refractivity contribution in [3.8, 4) is 23.1 Å². The molecule has 0 aliphatic heterocycles. The summed E-state index contributed by atoms with van der Waals surface area (Å²) in [7, 11) is 0. The van der Waals surface area contributed by atoms with E-state index in [9.17, 15) is 9.65 Å². The zero-order valence-corrected chi connectivity index (χ0v) is 19.9. The van der Waals surface area contributed by atoms with Crippen molar-refractivity contribution >= 4 is 26.8 Å². The number of hydrogen-bond acceptors (Lipinski definition) is 3. The number of fused-ring (bicyclic) bond motifs is 2. The molecule has 2 saturated carbocycles. The Morgan fingerprint density at radius 2 is 2.06 bits per heavy atom. The van der Waals surface area contributed by atoms with Crippen LogP contribution in [0.5, 0.6) is 5.88 Å². The van der Waals surface area contributed by atoms with Crippen LogP contribution in [0.3, 0.4) is 0 Å².